The first-order valence-electron chi connectivity index (χ1n) is 8.08. The summed E-state index contributed by atoms with van der Waals surface area (Å²) in [6.45, 7) is 4.75. The van der Waals surface area contributed by atoms with Crippen molar-refractivity contribution in [1.82, 2.24) is 5.32 Å². The van der Waals surface area contributed by atoms with E-state index in [1.807, 2.05) is 25.1 Å². The number of fused-ring (bicyclic) bond motifs is 1. The SMILES string of the molecule is Cc1ccc(I)cc1C(=O)NCC(C)c1cccc2ccccc12. The number of hydrogen-bond acceptors (Lipinski definition) is 1. The Morgan fingerprint density at radius 1 is 1.08 bits per heavy atom. The summed E-state index contributed by atoms with van der Waals surface area (Å²) in [5.74, 6) is 0.251. The zero-order valence-corrected chi connectivity index (χ0v) is 16.0. The van der Waals surface area contributed by atoms with Crippen molar-refractivity contribution in [2.75, 3.05) is 6.54 Å². The quantitative estimate of drug-likeness (QED) is 0.562. The molecule has 1 atom stereocenters. The molecule has 1 N–H and O–H groups in total. The molecule has 3 heteroatoms. The molecule has 0 spiro atoms. The lowest BCUT2D eigenvalue weighted by molar-refractivity contribution is 0.0951. The summed E-state index contributed by atoms with van der Waals surface area (Å²) in [5.41, 5.74) is 3.03. The van der Waals surface area contributed by atoms with E-state index in [0.717, 1.165) is 14.7 Å². The van der Waals surface area contributed by atoms with E-state index in [1.54, 1.807) is 0 Å². The van der Waals surface area contributed by atoms with Crippen molar-refractivity contribution in [2.45, 2.75) is 19.8 Å². The van der Waals surface area contributed by atoms with Crippen LogP contribution >= 0.6 is 22.6 Å². The molecule has 3 rings (SSSR count). The summed E-state index contributed by atoms with van der Waals surface area (Å²) in [7, 11) is 0. The van der Waals surface area contributed by atoms with Crippen molar-refractivity contribution in [3.05, 3.63) is 80.9 Å². The van der Waals surface area contributed by atoms with Crippen LogP contribution in [0.5, 0.6) is 0 Å². The molecule has 0 heterocycles. The highest BCUT2D eigenvalue weighted by Crippen LogP contribution is 2.25. The van der Waals surface area contributed by atoms with E-state index in [2.05, 4.69) is 77.3 Å². The van der Waals surface area contributed by atoms with Crippen LogP contribution in [0.3, 0.4) is 0 Å². The molecule has 1 unspecified atom stereocenters. The molecule has 24 heavy (non-hydrogen) atoms. The molecule has 2 nitrogen and oxygen atoms in total. The molecule has 0 bridgehead atoms. The summed E-state index contributed by atoms with van der Waals surface area (Å²) in [4.78, 5) is 12.5. The van der Waals surface area contributed by atoms with Gasteiger partial charge in [-0.2, -0.15) is 0 Å². The molecule has 0 aliphatic heterocycles. The molecule has 0 aromatic heterocycles. The molecule has 0 aliphatic carbocycles. The van der Waals surface area contributed by atoms with Crippen LogP contribution in [0.25, 0.3) is 10.8 Å². The molecule has 0 radical (unpaired) electrons. The lowest BCUT2D eigenvalue weighted by Gasteiger charge is -2.16. The van der Waals surface area contributed by atoms with Gasteiger partial charge in [0.2, 0.25) is 0 Å². The van der Waals surface area contributed by atoms with Crippen LogP contribution in [0.15, 0.2) is 60.7 Å². The topological polar surface area (TPSA) is 29.1 Å². The maximum Gasteiger partial charge on any atom is 0.251 e. The molecule has 0 saturated heterocycles. The molecule has 1 amide bonds. The van der Waals surface area contributed by atoms with E-state index in [-0.39, 0.29) is 11.8 Å². The molecule has 0 fully saturated rings. The summed E-state index contributed by atoms with van der Waals surface area (Å²) >= 11 is 2.24. The van der Waals surface area contributed by atoms with Crippen LogP contribution in [0.4, 0.5) is 0 Å². The van der Waals surface area contributed by atoms with Crippen LogP contribution in [0.2, 0.25) is 0 Å². The van der Waals surface area contributed by atoms with Crippen molar-refractivity contribution in [1.29, 1.82) is 0 Å². The van der Waals surface area contributed by atoms with Gasteiger partial charge in [0.1, 0.15) is 0 Å². The number of amides is 1. The fourth-order valence-electron chi connectivity index (χ4n) is 2.97. The second-order valence-electron chi connectivity index (χ2n) is 6.14. The fraction of sp³-hybridized carbons (Fsp3) is 0.190. The Kier molecular flexibility index (Phi) is 5.19. The average Bonchev–Trinajstić information content (AvgIpc) is 2.61. The Hall–Kier alpha value is -1.88. The second-order valence-corrected chi connectivity index (χ2v) is 7.38. The average molecular weight is 429 g/mol. The van der Waals surface area contributed by atoms with Crippen LogP contribution < -0.4 is 5.32 Å². The number of carbonyl (C=O) groups is 1. The van der Waals surface area contributed by atoms with Gasteiger partial charge < -0.3 is 5.32 Å². The molecular formula is C21H20INO. The molecule has 3 aromatic carbocycles. The monoisotopic (exact) mass is 429 g/mol. The lowest BCUT2D eigenvalue weighted by atomic mass is 9.94. The Bertz CT molecular complexity index is 883. The van der Waals surface area contributed by atoms with Gasteiger partial charge in [0.25, 0.3) is 5.91 Å². The van der Waals surface area contributed by atoms with Crippen molar-refractivity contribution >= 4 is 39.3 Å². The standard InChI is InChI=1S/C21H20INO/c1-14-10-11-17(22)12-20(14)21(24)23-13-15(2)18-9-5-7-16-6-3-4-8-19(16)18/h3-12,15H,13H2,1-2H3,(H,23,24). The zero-order valence-electron chi connectivity index (χ0n) is 13.8. The van der Waals surface area contributed by atoms with Gasteiger partial charge in [0.15, 0.2) is 0 Å². The maximum atomic E-state index is 12.5. The van der Waals surface area contributed by atoms with Crippen molar-refractivity contribution in [3.8, 4) is 0 Å². The number of halogens is 1. The van der Waals surface area contributed by atoms with Crippen LogP contribution in [0.1, 0.15) is 34.3 Å². The summed E-state index contributed by atoms with van der Waals surface area (Å²) in [5, 5.41) is 5.58. The number of rotatable bonds is 4. The van der Waals surface area contributed by atoms with E-state index in [0.29, 0.717) is 6.54 Å². The first kappa shape index (κ1) is 17.0. The largest absolute Gasteiger partial charge is 0.351 e. The maximum absolute atomic E-state index is 12.5. The minimum atomic E-state index is -0.00176. The minimum absolute atomic E-state index is 0.00176. The molecule has 0 aliphatic rings. The second kappa shape index (κ2) is 7.34. The zero-order chi connectivity index (χ0) is 17.1. The highest BCUT2D eigenvalue weighted by Gasteiger charge is 2.13. The van der Waals surface area contributed by atoms with E-state index in [9.17, 15) is 4.79 Å². The first-order valence-corrected chi connectivity index (χ1v) is 9.16. The summed E-state index contributed by atoms with van der Waals surface area (Å²) in [6, 6.07) is 20.7. The van der Waals surface area contributed by atoms with Gasteiger partial charge in [-0.25, -0.2) is 0 Å². The Morgan fingerprint density at radius 2 is 1.83 bits per heavy atom. The van der Waals surface area contributed by atoms with E-state index < -0.39 is 0 Å². The highest BCUT2D eigenvalue weighted by atomic mass is 127. The summed E-state index contributed by atoms with van der Waals surface area (Å²) in [6.07, 6.45) is 0. The smallest absolute Gasteiger partial charge is 0.251 e. The normalized spacial score (nSPS) is 12.1. The Morgan fingerprint density at radius 3 is 2.67 bits per heavy atom. The molecule has 3 aromatic rings. The third kappa shape index (κ3) is 3.61. The van der Waals surface area contributed by atoms with Crippen molar-refractivity contribution in [2.24, 2.45) is 0 Å². The number of aryl methyl sites for hydroxylation is 1. The van der Waals surface area contributed by atoms with Crippen LogP contribution in [-0.4, -0.2) is 12.5 Å². The summed E-state index contributed by atoms with van der Waals surface area (Å²) < 4.78 is 1.07. The molecular weight excluding hydrogens is 409 g/mol. The van der Waals surface area contributed by atoms with E-state index in [4.69, 9.17) is 0 Å². The van der Waals surface area contributed by atoms with Gasteiger partial charge in [-0.05, 0) is 69.5 Å². The van der Waals surface area contributed by atoms with Gasteiger partial charge >= 0.3 is 0 Å². The van der Waals surface area contributed by atoms with E-state index in [1.165, 1.54) is 16.3 Å². The number of benzene rings is 3. The Labute approximate surface area is 156 Å². The fourth-order valence-corrected chi connectivity index (χ4v) is 3.46. The lowest BCUT2D eigenvalue weighted by Crippen LogP contribution is -2.28. The minimum Gasteiger partial charge on any atom is -0.351 e. The number of hydrogen-bond donors (Lipinski definition) is 1. The number of nitrogens with one attached hydrogen (secondary N) is 1. The van der Waals surface area contributed by atoms with Gasteiger partial charge in [-0.15, -0.1) is 0 Å². The van der Waals surface area contributed by atoms with Gasteiger partial charge in [-0.3, -0.25) is 4.79 Å². The van der Waals surface area contributed by atoms with Gasteiger partial charge in [-0.1, -0.05) is 55.5 Å². The molecule has 0 saturated carbocycles. The molecule has 122 valence electrons. The predicted octanol–water partition coefficient (Wildman–Crippen LogP) is 5.29. The number of carbonyl (C=O) groups excluding carboxylic acids is 1. The third-order valence-corrected chi connectivity index (χ3v) is 5.04. The van der Waals surface area contributed by atoms with Crippen LogP contribution in [-0.2, 0) is 0 Å². The first-order chi connectivity index (χ1) is 11.6. The third-order valence-electron chi connectivity index (χ3n) is 4.37. The van der Waals surface area contributed by atoms with Crippen LogP contribution in [0, 0.1) is 10.5 Å². The van der Waals surface area contributed by atoms with Gasteiger partial charge in [0.05, 0.1) is 0 Å². The van der Waals surface area contributed by atoms with Crippen molar-refractivity contribution < 1.29 is 4.79 Å². The van der Waals surface area contributed by atoms with E-state index >= 15 is 0 Å². The predicted molar refractivity (Wildman–Crippen MR) is 109 cm³/mol. The van der Waals surface area contributed by atoms with Gasteiger partial charge in [0, 0.05) is 15.7 Å². The Balaban J connectivity index is 1.76. The highest BCUT2D eigenvalue weighted by molar-refractivity contribution is 14.1. The van der Waals surface area contributed by atoms with Crippen molar-refractivity contribution in [3.63, 3.8) is 0 Å².